The summed E-state index contributed by atoms with van der Waals surface area (Å²) in [7, 11) is 0. The lowest BCUT2D eigenvalue weighted by Crippen LogP contribution is -2.24. The van der Waals surface area contributed by atoms with Crippen molar-refractivity contribution in [3.63, 3.8) is 0 Å². The Kier molecular flexibility index (Phi) is 2.04. The molecule has 0 aliphatic carbocycles. The first-order chi connectivity index (χ1) is 6.66. The van der Waals surface area contributed by atoms with Crippen molar-refractivity contribution in [2.75, 3.05) is 6.61 Å². The van der Waals surface area contributed by atoms with Crippen LogP contribution in [-0.2, 0) is 4.79 Å². The highest BCUT2D eigenvalue weighted by Crippen LogP contribution is 2.37. The Balaban J connectivity index is 2.26. The van der Waals surface area contributed by atoms with Gasteiger partial charge >= 0.3 is 0 Å². The molecular weight excluding hydrogens is 184 g/mol. The molecule has 1 aromatic rings. The van der Waals surface area contributed by atoms with Gasteiger partial charge in [0, 0.05) is 23.5 Å². The molecule has 1 aliphatic rings. The molecule has 14 heavy (non-hydrogen) atoms. The van der Waals surface area contributed by atoms with E-state index >= 15 is 0 Å². The molecule has 0 saturated heterocycles. The van der Waals surface area contributed by atoms with Gasteiger partial charge in [-0.15, -0.1) is 0 Å². The zero-order chi connectivity index (χ0) is 10.1. The maximum absolute atomic E-state index is 10.4. The van der Waals surface area contributed by atoms with E-state index in [0.29, 0.717) is 12.4 Å². The van der Waals surface area contributed by atoms with Crippen molar-refractivity contribution in [2.24, 2.45) is 0 Å². The second kappa shape index (κ2) is 3.21. The van der Waals surface area contributed by atoms with Gasteiger partial charge in [0.05, 0.1) is 6.61 Å². The molecule has 1 atom stereocenters. The van der Waals surface area contributed by atoms with Crippen LogP contribution in [0.1, 0.15) is 17.9 Å². The van der Waals surface area contributed by atoms with Crippen LogP contribution in [0.5, 0.6) is 11.5 Å². The van der Waals surface area contributed by atoms with Gasteiger partial charge in [-0.05, 0) is 12.5 Å². The van der Waals surface area contributed by atoms with Crippen LogP contribution in [0.15, 0.2) is 18.2 Å². The van der Waals surface area contributed by atoms with Crippen LogP contribution in [0.25, 0.3) is 0 Å². The molecule has 4 nitrogen and oxygen atoms in total. The highest BCUT2D eigenvalue weighted by Gasteiger charge is 2.24. The van der Waals surface area contributed by atoms with Crippen LogP contribution in [-0.4, -0.2) is 17.7 Å². The summed E-state index contributed by atoms with van der Waals surface area (Å²) in [5, 5.41) is 19.6. The predicted molar refractivity (Wildman–Crippen MR) is 46.0 cm³/mol. The van der Waals surface area contributed by atoms with Gasteiger partial charge in [-0.1, -0.05) is 6.07 Å². The lowest BCUT2D eigenvalue weighted by Gasteiger charge is -2.08. The third kappa shape index (κ3) is 1.51. The number of carboxylic acid groups (broad SMARTS) is 1. The maximum Gasteiger partial charge on any atom is 0.126 e. The van der Waals surface area contributed by atoms with E-state index in [1.807, 2.05) is 0 Å². The number of hydrogen-bond acceptors (Lipinski definition) is 4. The number of phenols is 1. The van der Waals surface area contributed by atoms with Gasteiger partial charge in [-0.2, -0.15) is 0 Å². The lowest BCUT2D eigenvalue weighted by atomic mass is 9.98. The summed E-state index contributed by atoms with van der Waals surface area (Å²) in [5.41, 5.74) is 0.826. The van der Waals surface area contributed by atoms with E-state index < -0.39 is 5.97 Å². The first-order valence-electron chi connectivity index (χ1n) is 4.32. The molecule has 1 aliphatic heterocycles. The number of ether oxygens (including phenoxy) is 1. The van der Waals surface area contributed by atoms with E-state index in [9.17, 15) is 9.90 Å². The number of rotatable bonds is 2. The summed E-state index contributed by atoms with van der Waals surface area (Å²) in [4.78, 5) is 10.4. The normalized spacial score (nSPS) is 18.7. The summed E-state index contributed by atoms with van der Waals surface area (Å²) in [6.45, 7) is 0.340. The Labute approximate surface area is 80.7 Å². The Hall–Kier alpha value is -1.71. The fraction of sp³-hybridized carbons (Fsp3) is 0.300. The quantitative estimate of drug-likeness (QED) is 0.718. The minimum Gasteiger partial charge on any atom is -0.550 e. The summed E-state index contributed by atoms with van der Waals surface area (Å²) >= 11 is 0. The van der Waals surface area contributed by atoms with Crippen LogP contribution < -0.4 is 9.84 Å². The topological polar surface area (TPSA) is 69.6 Å². The average molecular weight is 193 g/mol. The van der Waals surface area contributed by atoms with Gasteiger partial charge < -0.3 is 19.7 Å². The van der Waals surface area contributed by atoms with Crippen LogP contribution >= 0.6 is 0 Å². The molecule has 0 unspecified atom stereocenters. The van der Waals surface area contributed by atoms with E-state index in [0.717, 1.165) is 5.56 Å². The molecule has 1 heterocycles. The van der Waals surface area contributed by atoms with Crippen molar-refractivity contribution in [3.05, 3.63) is 23.8 Å². The molecule has 4 heteroatoms. The van der Waals surface area contributed by atoms with Crippen LogP contribution in [0.3, 0.4) is 0 Å². The van der Waals surface area contributed by atoms with E-state index in [4.69, 9.17) is 9.84 Å². The van der Waals surface area contributed by atoms with Crippen molar-refractivity contribution < 1.29 is 19.7 Å². The molecule has 1 N–H and O–H groups in total. The smallest absolute Gasteiger partial charge is 0.126 e. The fourth-order valence-electron chi connectivity index (χ4n) is 1.64. The molecule has 0 spiro atoms. The van der Waals surface area contributed by atoms with E-state index in [2.05, 4.69) is 0 Å². The van der Waals surface area contributed by atoms with Gasteiger partial charge in [0.15, 0.2) is 0 Å². The predicted octanol–water partition coefficient (Wildman–Crippen LogP) is 0.00820. The largest absolute Gasteiger partial charge is 0.550 e. The number of fused-ring (bicyclic) bond motifs is 1. The Morgan fingerprint density at radius 2 is 2.43 bits per heavy atom. The average Bonchev–Trinajstić information content (AvgIpc) is 2.47. The molecule has 0 radical (unpaired) electrons. The molecule has 0 aromatic heterocycles. The van der Waals surface area contributed by atoms with Gasteiger partial charge in [0.25, 0.3) is 0 Å². The SMILES string of the molecule is O=C([O-])C[C@@H]1COc2cc(O)ccc21. The third-order valence-electron chi connectivity index (χ3n) is 2.29. The highest BCUT2D eigenvalue weighted by atomic mass is 16.5. The minimum atomic E-state index is -1.08. The zero-order valence-electron chi connectivity index (χ0n) is 7.40. The van der Waals surface area contributed by atoms with Crippen molar-refractivity contribution in [2.45, 2.75) is 12.3 Å². The number of phenolic OH excluding ortho intramolecular Hbond substituents is 1. The van der Waals surface area contributed by atoms with Crippen LogP contribution in [0.4, 0.5) is 0 Å². The van der Waals surface area contributed by atoms with E-state index in [-0.39, 0.29) is 18.1 Å². The summed E-state index contributed by atoms with van der Waals surface area (Å²) in [6, 6.07) is 4.70. The minimum absolute atomic E-state index is 0.0439. The van der Waals surface area contributed by atoms with Gasteiger partial charge in [0.1, 0.15) is 11.5 Å². The number of carbonyl (C=O) groups excluding carboxylic acids is 1. The van der Waals surface area contributed by atoms with Crippen molar-refractivity contribution in [1.82, 2.24) is 0 Å². The molecule has 0 amide bonds. The van der Waals surface area contributed by atoms with Crippen LogP contribution in [0.2, 0.25) is 0 Å². The lowest BCUT2D eigenvalue weighted by molar-refractivity contribution is -0.306. The molecular formula is C10H9O4-. The van der Waals surface area contributed by atoms with E-state index in [1.54, 1.807) is 6.07 Å². The Morgan fingerprint density at radius 1 is 1.64 bits per heavy atom. The first kappa shape index (κ1) is 8.87. The molecule has 1 aromatic carbocycles. The molecule has 74 valence electrons. The second-order valence-electron chi connectivity index (χ2n) is 3.31. The second-order valence-corrected chi connectivity index (χ2v) is 3.31. The number of hydrogen-bond donors (Lipinski definition) is 1. The number of benzene rings is 1. The maximum atomic E-state index is 10.4. The third-order valence-corrected chi connectivity index (χ3v) is 2.29. The fourth-order valence-corrected chi connectivity index (χ4v) is 1.64. The van der Waals surface area contributed by atoms with E-state index in [1.165, 1.54) is 12.1 Å². The zero-order valence-corrected chi connectivity index (χ0v) is 7.40. The standard InChI is InChI=1S/C10H10O4/c11-7-1-2-8-6(3-10(12)13)5-14-9(8)4-7/h1-2,4,6,11H,3,5H2,(H,12,13)/p-1/t6-/m1/s1. The van der Waals surface area contributed by atoms with Crippen molar-refractivity contribution in [1.29, 1.82) is 0 Å². The molecule has 2 rings (SSSR count). The van der Waals surface area contributed by atoms with Crippen molar-refractivity contribution in [3.8, 4) is 11.5 Å². The number of aromatic hydroxyl groups is 1. The van der Waals surface area contributed by atoms with Gasteiger partial charge in [-0.25, -0.2) is 0 Å². The highest BCUT2D eigenvalue weighted by molar-refractivity contribution is 5.66. The molecule has 0 saturated carbocycles. The Morgan fingerprint density at radius 3 is 3.14 bits per heavy atom. The summed E-state index contributed by atoms with van der Waals surface area (Å²) < 4.78 is 5.24. The Bertz CT molecular complexity index is 372. The monoisotopic (exact) mass is 193 g/mol. The summed E-state index contributed by atoms with van der Waals surface area (Å²) in [5.74, 6) is -0.552. The van der Waals surface area contributed by atoms with Gasteiger partial charge in [-0.3, -0.25) is 0 Å². The number of carboxylic acids is 1. The summed E-state index contributed by atoms with van der Waals surface area (Å²) in [6.07, 6.45) is -0.0439. The molecule has 0 bridgehead atoms. The van der Waals surface area contributed by atoms with Crippen molar-refractivity contribution >= 4 is 5.97 Å². The van der Waals surface area contributed by atoms with Gasteiger partial charge in [0.2, 0.25) is 0 Å². The first-order valence-corrected chi connectivity index (χ1v) is 4.32. The molecule has 0 fully saturated rings. The number of carbonyl (C=O) groups is 1. The van der Waals surface area contributed by atoms with Crippen LogP contribution in [0, 0.1) is 0 Å². The number of aliphatic carboxylic acids is 1.